The van der Waals surface area contributed by atoms with Crippen molar-refractivity contribution < 1.29 is 23.4 Å². The van der Waals surface area contributed by atoms with Gasteiger partial charge in [-0.05, 0) is 36.6 Å². The quantitative estimate of drug-likeness (QED) is 0.616. The minimum atomic E-state index is -3.82. The van der Waals surface area contributed by atoms with Gasteiger partial charge in [-0.15, -0.1) is 0 Å². The highest BCUT2D eigenvalue weighted by Gasteiger charge is 2.57. The van der Waals surface area contributed by atoms with Gasteiger partial charge in [-0.25, -0.2) is 9.97 Å². The van der Waals surface area contributed by atoms with E-state index in [0.29, 0.717) is 11.1 Å². The smallest absolute Gasteiger partial charge is 0.382 e. The van der Waals surface area contributed by atoms with Crippen molar-refractivity contribution in [1.29, 1.82) is 0 Å². The summed E-state index contributed by atoms with van der Waals surface area (Å²) in [5.74, 6) is -0.667. The van der Waals surface area contributed by atoms with Crippen molar-refractivity contribution in [3.8, 4) is 0 Å². The van der Waals surface area contributed by atoms with Crippen LogP contribution in [0.1, 0.15) is 22.5 Å². The first kappa shape index (κ1) is 20.6. The van der Waals surface area contributed by atoms with Gasteiger partial charge >= 0.3 is 6.11 Å². The van der Waals surface area contributed by atoms with E-state index in [0.717, 1.165) is 5.39 Å². The molecule has 1 aromatic carbocycles. The molecule has 6 nitrogen and oxygen atoms in total. The molecule has 0 spiro atoms. The zero-order chi connectivity index (χ0) is 21.4. The third kappa shape index (κ3) is 3.98. The summed E-state index contributed by atoms with van der Waals surface area (Å²) in [6, 6.07) is 13.6. The summed E-state index contributed by atoms with van der Waals surface area (Å²) in [5.41, 5.74) is -0.493. The second-order valence-electron chi connectivity index (χ2n) is 7.23. The highest BCUT2D eigenvalue weighted by atomic mass is 35.5. The molecule has 2 atom stereocenters. The van der Waals surface area contributed by atoms with E-state index in [1.807, 2.05) is 12.1 Å². The molecule has 1 fully saturated rings. The maximum absolute atomic E-state index is 14.2. The number of carbonyl (C=O) groups is 1. The molecule has 4 rings (SSSR count). The third-order valence-corrected chi connectivity index (χ3v) is 5.41. The molecule has 2 N–H and O–H groups in total. The highest BCUT2D eigenvalue weighted by Crippen LogP contribution is 2.37. The number of halogens is 3. The number of ether oxygens (including phenoxy) is 1. The molecular weight excluding hydrogens is 416 g/mol. The zero-order valence-electron chi connectivity index (χ0n) is 15.7. The number of fused-ring (bicyclic) bond motifs is 1. The number of aliphatic hydroxyl groups excluding tert-OH is 1. The van der Waals surface area contributed by atoms with Crippen LogP contribution in [0.5, 0.6) is 0 Å². The van der Waals surface area contributed by atoms with Crippen LogP contribution in [-0.4, -0.2) is 45.3 Å². The van der Waals surface area contributed by atoms with Gasteiger partial charge in [-0.2, -0.15) is 8.78 Å². The summed E-state index contributed by atoms with van der Waals surface area (Å²) >= 11 is 5.80. The molecule has 3 heterocycles. The second-order valence-corrected chi connectivity index (χ2v) is 7.62. The van der Waals surface area contributed by atoms with Crippen molar-refractivity contribution in [3.05, 3.63) is 71.1 Å². The molecule has 0 radical (unpaired) electrons. The number of aromatic nitrogens is 2. The Hall–Kier alpha value is -2.68. The van der Waals surface area contributed by atoms with Crippen molar-refractivity contribution in [3.63, 3.8) is 0 Å². The molecule has 1 saturated heterocycles. The summed E-state index contributed by atoms with van der Waals surface area (Å²) in [6.45, 7) is -0.337. The highest BCUT2D eigenvalue weighted by molar-refractivity contribution is 6.29. The van der Waals surface area contributed by atoms with E-state index in [9.17, 15) is 18.7 Å². The van der Waals surface area contributed by atoms with Crippen LogP contribution in [0.4, 0.5) is 8.78 Å². The molecule has 9 heteroatoms. The maximum Gasteiger partial charge on any atom is 0.383 e. The van der Waals surface area contributed by atoms with Crippen LogP contribution in [0.3, 0.4) is 0 Å². The fraction of sp³-hybridized carbons (Fsp3) is 0.286. The van der Waals surface area contributed by atoms with E-state index in [2.05, 4.69) is 20.0 Å². The molecule has 0 aliphatic carbocycles. The van der Waals surface area contributed by atoms with Gasteiger partial charge in [0.15, 0.2) is 6.10 Å². The molecule has 1 amide bonds. The Bertz CT molecular complexity index is 1080. The average Bonchev–Trinajstić information content (AvgIpc) is 2.73. The number of nitrogens with zero attached hydrogens (tertiary/aromatic N) is 2. The number of hydrogen-bond donors (Lipinski definition) is 2. The average molecular weight is 434 g/mol. The standard InChI is InChI=1S/C21H18ClF2N3O3/c22-17-8-5-13(12-25-17)11-20(9-10-30-21(23,24)19(20)29)27-18(28)16-7-6-14-3-1-2-4-15(14)26-16/h1-8,12,19,29H,9-11H2,(H,27,28)/t19-,20-/m1/s1. The SMILES string of the molecule is O=C(N[C@@]1(Cc2ccc(Cl)nc2)CCOC(F)(F)[C@@H]1O)c1ccc2ccccc2n1. The number of hydrogen-bond acceptors (Lipinski definition) is 5. The lowest BCUT2D eigenvalue weighted by atomic mass is 9.80. The maximum atomic E-state index is 14.2. The lowest BCUT2D eigenvalue weighted by Crippen LogP contribution is -2.67. The minimum Gasteiger partial charge on any atom is -0.382 e. The molecule has 0 unspecified atom stereocenters. The molecule has 1 aliphatic heterocycles. The second kappa shape index (κ2) is 7.86. The number of para-hydroxylation sites is 1. The van der Waals surface area contributed by atoms with Gasteiger partial charge in [0.25, 0.3) is 5.91 Å². The van der Waals surface area contributed by atoms with Gasteiger partial charge in [0.2, 0.25) is 0 Å². The predicted molar refractivity (Wildman–Crippen MR) is 106 cm³/mol. The van der Waals surface area contributed by atoms with E-state index in [-0.39, 0.29) is 30.3 Å². The van der Waals surface area contributed by atoms with Crippen LogP contribution in [-0.2, 0) is 11.2 Å². The van der Waals surface area contributed by atoms with Gasteiger partial charge in [0, 0.05) is 11.6 Å². The van der Waals surface area contributed by atoms with E-state index < -0.39 is 23.7 Å². The summed E-state index contributed by atoms with van der Waals surface area (Å²) in [7, 11) is 0. The van der Waals surface area contributed by atoms with Crippen LogP contribution in [0.15, 0.2) is 54.7 Å². The van der Waals surface area contributed by atoms with Crippen LogP contribution < -0.4 is 5.32 Å². The lowest BCUT2D eigenvalue weighted by Gasteiger charge is -2.45. The van der Waals surface area contributed by atoms with E-state index in [4.69, 9.17) is 11.6 Å². The molecule has 156 valence electrons. The molecular formula is C21H18ClF2N3O3. The number of pyridine rings is 2. The normalized spacial score (nSPS) is 23.3. The molecule has 0 saturated carbocycles. The Morgan fingerprint density at radius 1 is 1.23 bits per heavy atom. The topological polar surface area (TPSA) is 84.3 Å². The first-order chi connectivity index (χ1) is 14.3. The van der Waals surface area contributed by atoms with E-state index >= 15 is 0 Å². The Labute approximate surface area is 175 Å². The summed E-state index contributed by atoms with van der Waals surface area (Å²) in [4.78, 5) is 21.2. The van der Waals surface area contributed by atoms with Crippen molar-refractivity contribution >= 4 is 28.4 Å². The summed E-state index contributed by atoms with van der Waals surface area (Å²) in [6.07, 6.45) is -4.77. The van der Waals surface area contributed by atoms with Crippen LogP contribution in [0.25, 0.3) is 10.9 Å². The monoisotopic (exact) mass is 433 g/mol. The van der Waals surface area contributed by atoms with E-state index in [1.54, 1.807) is 24.3 Å². The van der Waals surface area contributed by atoms with E-state index in [1.165, 1.54) is 18.3 Å². The number of amides is 1. The molecule has 1 aliphatic rings. The number of benzene rings is 1. The van der Waals surface area contributed by atoms with Crippen molar-refractivity contribution in [2.45, 2.75) is 30.6 Å². The van der Waals surface area contributed by atoms with Gasteiger partial charge < -0.3 is 15.2 Å². The number of nitrogens with one attached hydrogen (secondary N) is 1. The first-order valence-electron chi connectivity index (χ1n) is 9.28. The van der Waals surface area contributed by atoms with Crippen LogP contribution in [0.2, 0.25) is 5.15 Å². The van der Waals surface area contributed by atoms with Gasteiger partial charge in [0.05, 0.1) is 17.7 Å². The molecule has 2 aromatic heterocycles. The third-order valence-electron chi connectivity index (χ3n) is 5.19. The van der Waals surface area contributed by atoms with Gasteiger partial charge in [-0.1, -0.05) is 41.9 Å². The van der Waals surface area contributed by atoms with Crippen LogP contribution in [0, 0.1) is 0 Å². The Morgan fingerprint density at radius 3 is 2.80 bits per heavy atom. The summed E-state index contributed by atoms with van der Waals surface area (Å²) in [5, 5.41) is 14.2. The molecule has 30 heavy (non-hydrogen) atoms. The minimum absolute atomic E-state index is 0.0221. The predicted octanol–water partition coefficient (Wildman–Crippen LogP) is 3.37. The molecule has 3 aromatic rings. The number of aliphatic hydroxyl groups is 1. The number of alkyl halides is 2. The van der Waals surface area contributed by atoms with Crippen LogP contribution >= 0.6 is 11.6 Å². The van der Waals surface area contributed by atoms with Gasteiger partial charge in [0.1, 0.15) is 10.8 Å². The number of carbonyl (C=O) groups excluding carboxylic acids is 1. The fourth-order valence-electron chi connectivity index (χ4n) is 3.62. The lowest BCUT2D eigenvalue weighted by molar-refractivity contribution is -0.325. The Morgan fingerprint density at radius 2 is 2.03 bits per heavy atom. The fourth-order valence-corrected chi connectivity index (χ4v) is 3.74. The van der Waals surface area contributed by atoms with Gasteiger partial charge in [-0.3, -0.25) is 4.79 Å². The largest absolute Gasteiger partial charge is 0.383 e. The van der Waals surface area contributed by atoms with Crippen molar-refractivity contribution in [2.24, 2.45) is 0 Å². The Balaban J connectivity index is 1.67. The number of rotatable bonds is 4. The Kier molecular flexibility index (Phi) is 5.40. The molecule has 0 bridgehead atoms. The van der Waals surface area contributed by atoms with Crippen molar-refractivity contribution in [2.75, 3.05) is 6.61 Å². The zero-order valence-corrected chi connectivity index (χ0v) is 16.4. The summed E-state index contributed by atoms with van der Waals surface area (Å²) < 4.78 is 32.9. The van der Waals surface area contributed by atoms with Crippen molar-refractivity contribution in [1.82, 2.24) is 15.3 Å². The first-order valence-corrected chi connectivity index (χ1v) is 9.65.